The van der Waals surface area contributed by atoms with E-state index in [1.165, 1.54) is 25.1 Å². The number of hydrogen-bond acceptors (Lipinski definition) is 8. The minimum absolute atomic E-state index is 0.133. The second-order valence-electron chi connectivity index (χ2n) is 8.04. The van der Waals surface area contributed by atoms with Gasteiger partial charge in [-0.3, -0.25) is 4.79 Å². The number of carboxylic acid groups (broad SMARTS) is 1. The molecule has 38 heavy (non-hydrogen) atoms. The lowest BCUT2D eigenvalue weighted by Gasteiger charge is -2.14. The van der Waals surface area contributed by atoms with Crippen molar-refractivity contribution in [1.29, 1.82) is 0 Å². The first-order valence-electron chi connectivity index (χ1n) is 11.2. The topological polar surface area (TPSA) is 125 Å². The van der Waals surface area contributed by atoms with E-state index < -0.39 is 12.6 Å². The monoisotopic (exact) mass is 577 g/mol. The zero-order valence-corrected chi connectivity index (χ0v) is 21.8. The van der Waals surface area contributed by atoms with E-state index in [1.807, 2.05) is 18.2 Å². The lowest BCUT2D eigenvalue weighted by molar-refractivity contribution is -0.139. The molecular formula is C27H20BrN3O7. The lowest BCUT2D eigenvalue weighted by Crippen LogP contribution is -2.20. The Bertz CT molecular complexity index is 1750. The smallest absolute Gasteiger partial charge is 0.341 e. The van der Waals surface area contributed by atoms with Crippen LogP contribution in [-0.4, -0.2) is 47.8 Å². The van der Waals surface area contributed by atoms with Crippen LogP contribution in [0, 0.1) is 0 Å². The fourth-order valence-electron chi connectivity index (χ4n) is 3.89. The Kier molecular flexibility index (Phi) is 6.84. The van der Waals surface area contributed by atoms with Crippen molar-refractivity contribution in [3.63, 3.8) is 0 Å². The van der Waals surface area contributed by atoms with E-state index >= 15 is 0 Å². The molecule has 1 N–H and O–H groups in total. The van der Waals surface area contributed by atoms with E-state index in [2.05, 4.69) is 26.0 Å². The molecule has 3 aromatic carbocycles. The summed E-state index contributed by atoms with van der Waals surface area (Å²) in [6.07, 6.45) is 1.44. The molecule has 5 rings (SSSR count). The number of benzene rings is 3. The van der Waals surface area contributed by atoms with Gasteiger partial charge >= 0.3 is 5.97 Å². The van der Waals surface area contributed by atoms with E-state index in [0.29, 0.717) is 27.8 Å². The Morgan fingerprint density at radius 1 is 1.11 bits per heavy atom. The summed E-state index contributed by atoms with van der Waals surface area (Å²) in [6, 6.07) is 17.5. The summed E-state index contributed by atoms with van der Waals surface area (Å²) < 4.78 is 24.2. The van der Waals surface area contributed by atoms with E-state index in [0.717, 1.165) is 9.86 Å². The predicted octanol–water partition coefficient (Wildman–Crippen LogP) is 4.94. The van der Waals surface area contributed by atoms with Crippen molar-refractivity contribution < 1.29 is 28.5 Å². The van der Waals surface area contributed by atoms with Crippen LogP contribution in [0.2, 0.25) is 0 Å². The highest BCUT2D eigenvalue weighted by atomic mass is 79.9. The number of ether oxygens (including phenoxy) is 3. The van der Waals surface area contributed by atoms with Crippen LogP contribution >= 0.6 is 15.9 Å². The Labute approximate surface area is 223 Å². The van der Waals surface area contributed by atoms with Crippen molar-refractivity contribution >= 4 is 50.0 Å². The first-order chi connectivity index (χ1) is 18.4. The van der Waals surface area contributed by atoms with Gasteiger partial charge in [0.05, 0.1) is 31.3 Å². The van der Waals surface area contributed by atoms with Crippen LogP contribution in [0.5, 0.6) is 17.2 Å². The zero-order chi connectivity index (χ0) is 26.8. The number of carbonyl (C=O) groups is 1. The maximum absolute atomic E-state index is 13.5. The molecule has 0 atom stereocenters. The minimum Gasteiger partial charge on any atom is -0.493 e. The third-order valence-corrected chi connectivity index (χ3v) is 6.09. The van der Waals surface area contributed by atoms with Crippen LogP contribution in [0.15, 0.2) is 79.4 Å². The predicted molar refractivity (Wildman–Crippen MR) is 145 cm³/mol. The lowest BCUT2D eigenvalue weighted by atomic mass is 10.2. The van der Waals surface area contributed by atoms with Crippen molar-refractivity contribution in [2.45, 2.75) is 0 Å². The van der Waals surface area contributed by atoms with Crippen LogP contribution in [0.4, 0.5) is 0 Å². The molecule has 5 aromatic rings. The Morgan fingerprint density at radius 2 is 1.84 bits per heavy atom. The quantitative estimate of drug-likeness (QED) is 0.257. The number of rotatable bonds is 8. The summed E-state index contributed by atoms with van der Waals surface area (Å²) in [5.41, 5.74) is 1.25. The van der Waals surface area contributed by atoms with Gasteiger partial charge in [0.25, 0.3) is 5.56 Å². The maximum Gasteiger partial charge on any atom is 0.341 e. The molecule has 11 heteroatoms. The van der Waals surface area contributed by atoms with Crippen molar-refractivity contribution in [1.82, 2.24) is 9.66 Å². The number of furan rings is 1. The van der Waals surface area contributed by atoms with Gasteiger partial charge < -0.3 is 23.7 Å². The van der Waals surface area contributed by atoms with Gasteiger partial charge in [0.1, 0.15) is 5.58 Å². The highest BCUT2D eigenvalue weighted by Gasteiger charge is 2.18. The summed E-state index contributed by atoms with van der Waals surface area (Å²) >= 11 is 3.46. The SMILES string of the molecule is COc1cc(C=Nn2c(-c3cc4cc(Br)ccc4o3)nc3ccccc3c2=O)cc(OC)c1OCC(=O)O. The normalized spacial score (nSPS) is 11.3. The van der Waals surface area contributed by atoms with Gasteiger partial charge in [-0.25, -0.2) is 9.78 Å². The highest BCUT2D eigenvalue weighted by molar-refractivity contribution is 9.10. The number of carboxylic acids is 1. The number of fused-ring (bicyclic) bond motifs is 2. The van der Waals surface area contributed by atoms with Crippen molar-refractivity contribution in [3.05, 3.63) is 81.1 Å². The summed E-state index contributed by atoms with van der Waals surface area (Å²) in [5.74, 6) is 0.0446. The maximum atomic E-state index is 13.5. The van der Waals surface area contributed by atoms with Crippen molar-refractivity contribution in [2.24, 2.45) is 5.10 Å². The Balaban J connectivity index is 1.65. The number of halogens is 1. The molecule has 0 aliphatic carbocycles. The molecule has 10 nitrogen and oxygen atoms in total. The molecule has 0 aliphatic heterocycles. The van der Waals surface area contributed by atoms with E-state index in [-0.39, 0.29) is 28.6 Å². The zero-order valence-electron chi connectivity index (χ0n) is 20.2. The number of aromatic nitrogens is 2. The summed E-state index contributed by atoms with van der Waals surface area (Å²) in [6.45, 7) is -0.574. The average molecular weight is 578 g/mol. The van der Waals surface area contributed by atoms with Gasteiger partial charge in [-0.05, 0) is 48.5 Å². The number of nitrogens with zero attached hydrogens (tertiary/aromatic N) is 3. The average Bonchev–Trinajstić information content (AvgIpc) is 3.34. The third-order valence-electron chi connectivity index (χ3n) is 5.60. The number of hydrogen-bond donors (Lipinski definition) is 1. The molecule has 0 unspecified atom stereocenters. The molecule has 0 aliphatic rings. The molecule has 0 radical (unpaired) electrons. The fourth-order valence-corrected chi connectivity index (χ4v) is 4.27. The molecule has 0 saturated heterocycles. The van der Waals surface area contributed by atoms with Crippen LogP contribution in [0.1, 0.15) is 5.56 Å². The second kappa shape index (κ2) is 10.4. The summed E-state index contributed by atoms with van der Waals surface area (Å²) in [5, 5.41) is 14.6. The van der Waals surface area contributed by atoms with Gasteiger partial charge in [-0.1, -0.05) is 28.1 Å². The van der Waals surface area contributed by atoms with Crippen molar-refractivity contribution in [2.75, 3.05) is 20.8 Å². The van der Waals surface area contributed by atoms with Gasteiger partial charge in [-0.2, -0.15) is 9.78 Å². The summed E-state index contributed by atoms with van der Waals surface area (Å²) in [4.78, 5) is 29.1. The number of aliphatic carboxylic acids is 1. The standard InChI is InChI=1S/C27H20BrN3O7/c1-35-21-9-15(10-22(36-2)25(21)37-14-24(32)33)13-29-31-26(30-19-6-4-3-5-18(19)27(31)34)23-12-16-11-17(28)7-8-20(16)38-23/h3-13H,14H2,1-2H3,(H,32,33). The van der Waals surface area contributed by atoms with Gasteiger partial charge in [0.2, 0.25) is 11.6 Å². The van der Waals surface area contributed by atoms with Crippen LogP contribution in [0.3, 0.4) is 0 Å². The van der Waals surface area contributed by atoms with Gasteiger partial charge in [-0.15, -0.1) is 0 Å². The second-order valence-corrected chi connectivity index (χ2v) is 8.96. The molecule has 2 aromatic heterocycles. The Hall–Kier alpha value is -4.64. The fraction of sp³-hybridized carbons (Fsp3) is 0.111. The molecule has 0 fully saturated rings. The first kappa shape index (κ1) is 25.0. The number of methoxy groups -OCH3 is 2. The van der Waals surface area contributed by atoms with Crippen LogP contribution in [-0.2, 0) is 4.79 Å². The van der Waals surface area contributed by atoms with E-state index in [9.17, 15) is 9.59 Å². The molecular weight excluding hydrogens is 558 g/mol. The van der Waals surface area contributed by atoms with E-state index in [1.54, 1.807) is 42.5 Å². The van der Waals surface area contributed by atoms with Gasteiger partial charge in [0, 0.05) is 15.4 Å². The van der Waals surface area contributed by atoms with Gasteiger partial charge in [0.15, 0.2) is 23.9 Å². The molecule has 192 valence electrons. The first-order valence-corrected chi connectivity index (χ1v) is 12.0. The van der Waals surface area contributed by atoms with Crippen LogP contribution in [0.25, 0.3) is 33.5 Å². The minimum atomic E-state index is -1.15. The molecule has 2 heterocycles. The largest absolute Gasteiger partial charge is 0.493 e. The molecule has 0 bridgehead atoms. The summed E-state index contributed by atoms with van der Waals surface area (Å²) in [7, 11) is 2.83. The third kappa shape index (κ3) is 4.83. The van der Waals surface area contributed by atoms with E-state index in [4.69, 9.17) is 23.7 Å². The molecule has 0 amide bonds. The number of para-hydroxylation sites is 1. The molecule has 0 spiro atoms. The molecule has 0 saturated carbocycles. The van der Waals surface area contributed by atoms with Crippen molar-refractivity contribution in [3.8, 4) is 28.8 Å². The van der Waals surface area contributed by atoms with Crippen LogP contribution < -0.4 is 19.8 Å². The Morgan fingerprint density at radius 3 is 2.55 bits per heavy atom. The highest BCUT2D eigenvalue weighted by Crippen LogP contribution is 2.38.